The van der Waals surface area contributed by atoms with E-state index in [2.05, 4.69) is 22.8 Å². The number of imide groups is 1. The van der Waals surface area contributed by atoms with Crippen LogP contribution in [-0.4, -0.2) is 23.2 Å². The van der Waals surface area contributed by atoms with Crippen molar-refractivity contribution in [2.75, 3.05) is 5.75 Å². The van der Waals surface area contributed by atoms with Crippen LogP contribution >= 0.6 is 11.8 Å². The molecule has 96 valence electrons. The number of carbonyl (C=O) groups excluding carboxylic acids is 2. The second-order valence-corrected chi connectivity index (χ2v) is 5.31. The molecule has 0 spiro atoms. The van der Waals surface area contributed by atoms with Crippen molar-refractivity contribution in [1.29, 1.82) is 0 Å². The third kappa shape index (κ3) is 2.67. The summed E-state index contributed by atoms with van der Waals surface area (Å²) in [6.45, 7) is 1.91. The normalized spacial score (nSPS) is 22.7. The summed E-state index contributed by atoms with van der Waals surface area (Å²) in [5.41, 5.74) is 0.481. The Morgan fingerprint density at radius 3 is 2.50 bits per heavy atom. The molecule has 1 heterocycles. The molecule has 1 aromatic carbocycles. The van der Waals surface area contributed by atoms with Gasteiger partial charge < -0.3 is 5.32 Å². The Hall–Kier alpha value is -1.49. The molecule has 0 saturated carbocycles. The molecular weight excluding hydrogens is 248 g/mol. The molecule has 3 amide bonds. The maximum Gasteiger partial charge on any atom is 0.322 e. The van der Waals surface area contributed by atoms with Gasteiger partial charge in [0.25, 0.3) is 5.91 Å². The highest BCUT2D eigenvalue weighted by Gasteiger charge is 2.44. The van der Waals surface area contributed by atoms with Gasteiger partial charge in [-0.15, -0.1) is 0 Å². The summed E-state index contributed by atoms with van der Waals surface area (Å²) in [6.07, 6.45) is 0.604. The lowest BCUT2D eigenvalue weighted by molar-refractivity contribution is -0.123. The molecule has 1 atom stereocenters. The number of thioether (sulfide) groups is 1. The number of nitrogens with one attached hydrogen (secondary N) is 2. The Morgan fingerprint density at radius 2 is 1.94 bits per heavy atom. The topological polar surface area (TPSA) is 58.2 Å². The Morgan fingerprint density at radius 1 is 1.22 bits per heavy atom. The average Bonchev–Trinajstić information content (AvgIpc) is 2.66. The minimum atomic E-state index is -0.740. The lowest BCUT2D eigenvalue weighted by Gasteiger charge is -2.23. The van der Waals surface area contributed by atoms with E-state index in [0.29, 0.717) is 12.2 Å². The first kappa shape index (κ1) is 13.0. The Bertz CT molecular complexity index is 450. The highest BCUT2D eigenvalue weighted by molar-refractivity contribution is 7.98. The molecule has 1 aliphatic rings. The van der Waals surface area contributed by atoms with Crippen LogP contribution in [0.1, 0.15) is 18.9 Å². The molecule has 0 aliphatic carbocycles. The number of hydrogen-bond acceptors (Lipinski definition) is 3. The van der Waals surface area contributed by atoms with Gasteiger partial charge >= 0.3 is 6.03 Å². The molecule has 0 bridgehead atoms. The molecule has 5 heteroatoms. The summed E-state index contributed by atoms with van der Waals surface area (Å²) in [5, 5.41) is 5.04. The van der Waals surface area contributed by atoms with Crippen molar-refractivity contribution < 1.29 is 9.59 Å². The van der Waals surface area contributed by atoms with Crippen molar-refractivity contribution in [3.8, 4) is 0 Å². The fourth-order valence-electron chi connectivity index (χ4n) is 1.90. The lowest BCUT2D eigenvalue weighted by Crippen LogP contribution is -2.48. The summed E-state index contributed by atoms with van der Waals surface area (Å²) in [7, 11) is 0. The molecule has 1 saturated heterocycles. The van der Waals surface area contributed by atoms with Crippen LogP contribution < -0.4 is 10.6 Å². The fourth-order valence-corrected chi connectivity index (χ4v) is 3.18. The van der Waals surface area contributed by atoms with Crippen LogP contribution in [0.2, 0.25) is 0 Å². The second kappa shape index (κ2) is 5.44. The van der Waals surface area contributed by atoms with Crippen molar-refractivity contribution in [2.45, 2.75) is 24.6 Å². The molecule has 1 fully saturated rings. The molecule has 18 heavy (non-hydrogen) atoms. The second-order valence-electron chi connectivity index (χ2n) is 4.32. The average molecular weight is 264 g/mol. The van der Waals surface area contributed by atoms with Gasteiger partial charge in [0.2, 0.25) is 0 Å². The smallest absolute Gasteiger partial charge is 0.322 e. The van der Waals surface area contributed by atoms with Gasteiger partial charge in [0, 0.05) is 11.5 Å². The molecule has 0 radical (unpaired) electrons. The van der Waals surface area contributed by atoms with E-state index >= 15 is 0 Å². The van der Waals surface area contributed by atoms with E-state index in [1.807, 2.05) is 25.1 Å². The minimum Gasteiger partial charge on any atom is -0.322 e. The van der Waals surface area contributed by atoms with Crippen LogP contribution in [0.25, 0.3) is 0 Å². The third-order valence-corrected chi connectivity index (χ3v) is 4.31. The van der Waals surface area contributed by atoms with Crippen LogP contribution in [0.4, 0.5) is 4.79 Å². The van der Waals surface area contributed by atoms with Gasteiger partial charge in [-0.2, -0.15) is 11.8 Å². The Kier molecular flexibility index (Phi) is 3.91. The van der Waals surface area contributed by atoms with Gasteiger partial charge in [-0.3, -0.25) is 10.1 Å². The van der Waals surface area contributed by atoms with E-state index in [4.69, 9.17) is 0 Å². The molecule has 1 aliphatic heterocycles. The molecule has 4 nitrogen and oxygen atoms in total. The van der Waals surface area contributed by atoms with Crippen LogP contribution in [0.15, 0.2) is 30.3 Å². The summed E-state index contributed by atoms with van der Waals surface area (Å²) >= 11 is 1.66. The van der Waals surface area contributed by atoms with Gasteiger partial charge in [0.15, 0.2) is 0 Å². The number of rotatable bonds is 5. The highest BCUT2D eigenvalue weighted by Crippen LogP contribution is 2.23. The van der Waals surface area contributed by atoms with Crippen molar-refractivity contribution in [3.05, 3.63) is 35.9 Å². The quantitative estimate of drug-likeness (QED) is 0.799. The van der Waals surface area contributed by atoms with Gasteiger partial charge in [-0.1, -0.05) is 37.3 Å². The third-order valence-electron chi connectivity index (χ3n) is 3.08. The minimum absolute atomic E-state index is 0.212. The number of amides is 3. The number of urea groups is 1. The first-order valence-electron chi connectivity index (χ1n) is 5.91. The zero-order chi connectivity index (χ0) is 13.0. The van der Waals surface area contributed by atoms with E-state index in [-0.39, 0.29) is 11.9 Å². The van der Waals surface area contributed by atoms with Crippen molar-refractivity contribution >= 4 is 23.7 Å². The van der Waals surface area contributed by atoms with E-state index in [1.54, 1.807) is 11.8 Å². The molecule has 1 aromatic rings. The van der Waals surface area contributed by atoms with E-state index in [1.165, 1.54) is 5.56 Å². The predicted molar refractivity (Wildman–Crippen MR) is 72.3 cm³/mol. The van der Waals surface area contributed by atoms with E-state index in [9.17, 15) is 9.59 Å². The molecular formula is C13H16N2O2S. The van der Waals surface area contributed by atoms with E-state index < -0.39 is 5.54 Å². The van der Waals surface area contributed by atoms with Crippen LogP contribution in [0.5, 0.6) is 0 Å². The summed E-state index contributed by atoms with van der Waals surface area (Å²) in [4.78, 5) is 23.0. The zero-order valence-electron chi connectivity index (χ0n) is 10.2. The monoisotopic (exact) mass is 264 g/mol. The van der Waals surface area contributed by atoms with Crippen molar-refractivity contribution in [1.82, 2.24) is 10.6 Å². The van der Waals surface area contributed by atoms with Crippen molar-refractivity contribution in [3.63, 3.8) is 0 Å². The number of carbonyl (C=O) groups is 2. The van der Waals surface area contributed by atoms with Crippen LogP contribution in [-0.2, 0) is 10.5 Å². The maximum atomic E-state index is 11.8. The SMILES string of the molecule is CC[C@@]1(CSCc2ccccc2)NC(=O)NC1=O. The summed E-state index contributed by atoms with van der Waals surface area (Å²) in [6, 6.07) is 9.69. The number of hydrogen-bond donors (Lipinski definition) is 2. The first-order valence-corrected chi connectivity index (χ1v) is 7.07. The Balaban J connectivity index is 1.92. The highest BCUT2D eigenvalue weighted by atomic mass is 32.2. The largest absolute Gasteiger partial charge is 0.322 e. The van der Waals surface area contributed by atoms with Crippen molar-refractivity contribution in [2.24, 2.45) is 0 Å². The predicted octanol–water partition coefficient (Wildman–Crippen LogP) is 1.91. The Labute approximate surface area is 111 Å². The first-order chi connectivity index (χ1) is 8.66. The fraction of sp³-hybridized carbons (Fsp3) is 0.385. The summed E-state index contributed by atoms with van der Waals surface area (Å²) < 4.78 is 0. The lowest BCUT2D eigenvalue weighted by atomic mass is 10.00. The van der Waals surface area contributed by atoms with Gasteiger partial charge in [-0.25, -0.2) is 4.79 Å². The molecule has 2 N–H and O–H groups in total. The van der Waals surface area contributed by atoms with Gasteiger partial charge in [-0.05, 0) is 12.0 Å². The van der Waals surface area contributed by atoms with Crippen LogP contribution in [0, 0.1) is 0 Å². The van der Waals surface area contributed by atoms with Gasteiger partial charge in [0.05, 0.1) is 0 Å². The summed E-state index contributed by atoms with van der Waals surface area (Å²) in [5.74, 6) is 1.22. The van der Waals surface area contributed by atoms with Gasteiger partial charge in [0.1, 0.15) is 5.54 Å². The molecule has 0 aromatic heterocycles. The maximum absolute atomic E-state index is 11.8. The number of benzene rings is 1. The molecule has 2 rings (SSSR count). The van der Waals surface area contributed by atoms with E-state index in [0.717, 1.165) is 5.75 Å². The standard InChI is InChI=1S/C13H16N2O2S/c1-2-13(11(16)14-12(17)15-13)9-18-8-10-6-4-3-5-7-10/h3-7H,2,8-9H2,1H3,(H2,14,15,16,17)/t13-/m0/s1. The molecule has 0 unspecified atom stereocenters. The van der Waals surface area contributed by atoms with Crippen LogP contribution in [0.3, 0.4) is 0 Å². The zero-order valence-corrected chi connectivity index (χ0v) is 11.0.